The molecule has 112 valence electrons. The Labute approximate surface area is 122 Å². The highest BCUT2D eigenvalue weighted by molar-refractivity contribution is 5.83. The van der Waals surface area contributed by atoms with E-state index in [-0.39, 0.29) is 12.0 Å². The monoisotopic (exact) mass is 277 g/mol. The van der Waals surface area contributed by atoms with Gasteiger partial charge in [-0.1, -0.05) is 17.7 Å². The number of ether oxygens (including phenoxy) is 1. The van der Waals surface area contributed by atoms with Crippen LogP contribution in [0.4, 0.5) is 0 Å². The maximum absolute atomic E-state index is 12.5. The predicted octanol–water partition coefficient (Wildman–Crippen LogP) is 3.39. The van der Waals surface area contributed by atoms with Crippen molar-refractivity contribution in [1.29, 1.82) is 0 Å². The van der Waals surface area contributed by atoms with Gasteiger partial charge in [-0.05, 0) is 65.2 Å². The van der Waals surface area contributed by atoms with Crippen LogP contribution < -0.4 is 5.32 Å². The van der Waals surface area contributed by atoms with Crippen LogP contribution in [-0.2, 0) is 15.1 Å². The third-order valence-electron chi connectivity index (χ3n) is 3.44. The van der Waals surface area contributed by atoms with E-state index in [0.29, 0.717) is 6.61 Å². The van der Waals surface area contributed by atoms with Crippen molar-refractivity contribution in [3.63, 3.8) is 0 Å². The Hall–Kier alpha value is -1.35. The van der Waals surface area contributed by atoms with Crippen molar-refractivity contribution in [2.45, 2.75) is 60.0 Å². The molecule has 0 heterocycles. The van der Waals surface area contributed by atoms with Gasteiger partial charge in [0.1, 0.15) is 5.54 Å². The second-order valence-electron chi connectivity index (χ2n) is 5.92. The molecule has 0 bridgehead atoms. The number of esters is 1. The summed E-state index contributed by atoms with van der Waals surface area (Å²) in [5.74, 6) is -0.219. The average molecular weight is 277 g/mol. The number of hydrogen-bond donors (Lipinski definition) is 1. The first-order valence-corrected chi connectivity index (χ1v) is 7.25. The van der Waals surface area contributed by atoms with Crippen LogP contribution in [0.2, 0.25) is 0 Å². The zero-order valence-corrected chi connectivity index (χ0v) is 13.8. The van der Waals surface area contributed by atoms with E-state index in [1.165, 1.54) is 5.56 Å². The average Bonchev–Trinajstić information content (AvgIpc) is 2.26. The van der Waals surface area contributed by atoms with Gasteiger partial charge in [0.05, 0.1) is 6.61 Å². The van der Waals surface area contributed by atoms with Gasteiger partial charge in [0.15, 0.2) is 0 Å². The molecular formula is C17H27NO2. The molecule has 1 N–H and O–H groups in total. The summed E-state index contributed by atoms with van der Waals surface area (Å²) in [7, 11) is 0. The minimum absolute atomic E-state index is 0.185. The second kappa shape index (κ2) is 6.40. The number of benzene rings is 1. The molecule has 0 aliphatic carbocycles. The molecule has 1 rings (SSSR count). The van der Waals surface area contributed by atoms with Crippen molar-refractivity contribution in [3.8, 4) is 0 Å². The number of aryl methyl sites for hydroxylation is 3. The lowest BCUT2D eigenvalue weighted by molar-refractivity contribution is -0.151. The number of hydrogen-bond acceptors (Lipinski definition) is 3. The van der Waals surface area contributed by atoms with Gasteiger partial charge in [0, 0.05) is 6.04 Å². The Morgan fingerprint density at radius 2 is 1.75 bits per heavy atom. The Kier molecular flexibility index (Phi) is 5.35. The topological polar surface area (TPSA) is 38.3 Å². The first-order valence-electron chi connectivity index (χ1n) is 7.25. The SMILES string of the molecule is CCOC(=O)C(C)(NC(C)C)c1c(C)cc(C)cc1C. The fraction of sp³-hybridized carbons (Fsp3) is 0.588. The number of rotatable bonds is 5. The molecule has 0 aromatic heterocycles. The van der Waals surface area contributed by atoms with E-state index in [1.807, 2.05) is 27.7 Å². The maximum atomic E-state index is 12.5. The number of nitrogens with one attached hydrogen (secondary N) is 1. The first-order chi connectivity index (χ1) is 9.22. The Morgan fingerprint density at radius 1 is 1.25 bits per heavy atom. The molecule has 1 atom stereocenters. The summed E-state index contributed by atoms with van der Waals surface area (Å²) >= 11 is 0. The van der Waals surface area contributed by atoms with Crippen LogP contribution in [0.15, 0.2) is 12.1 Å². The maximum Gasteiger partial charge on any atom is 0.330 e. The number of carbonyl (C=O) groups excluding carboxylic acids is 1. The highest BCUT2D eigenvalue weighted by Gasteiger charge is 2.39. The van der Waals surface area contributed by atoms with E-state index >= 15 is 0 Å². The molecule has 20 heavy (non-hydrogen) atoms. The van der Waals surface area contributed by atoms with Crippen LogP contribution >= 0.6 is 0 Å². The molecule has 1 aromatic carbocycles. The largest absolute Gasteiger partial charge is 0.464 e. The molecule has 0 saturated heterocycles. The molecule has 0 radical (unpaired) electrons. The van der Waals surface area contributed by atoms with E-state index in [4.69, 9.17) is 4.74 Å². The third-order valence-corrected chi connectivity index (χ3v) is 3.44. The van der Waals surface area contributed by atoms with Crippen LogP contribution in [0.25, 0.3) is 0 Å². The zero-order valence-electron chi connectivity index (χ0n) is 13.8. The predicted molar refractivity (Wildman–Crippen MR) is 82.9 cm³/mol. The lowest BCUT2D eigenvalue weighted by Crippen LogP contribution is -2.51. The van der Waals surface area contributed by atoms with E-state index in [1.54, 1.807) is 0 Å². The van der Waals surface area contributed by atoms with Crippen LogP contribution in [0.3, 0.4) is 0 Å². The van der Waals surface area contributed by atoms with Crippen molar-refractivity contribution >= 4 is 5.97 Å². The summed E-state index contributed by atoms with van der Waals surface area (Å²) in [6, 6.07) is 4.41. The van der Waals surface area contributed by atoms with Crippen molar-refractivity contribution < 1.29 is 9.53 Å². The van der Waals surface area contributed by atoms with Gasteiger partial charge < -0.3 is 4.74 Å². The molecular weight excluding hydrogens is 250 g/mol. The smallest absolute Gasteiger partial charge is 0.330 e. The summed E-state index contributed by atoms with van der Waals surface area (Å²) in [6.45, 7) is 14.4. The van der Waals surface area contributed by atoms with Crippen molar-refractivity contribution in [2.75, 3.05) is 6.61 Å². The normalized spacial score (nSPS) is 14.2. The molecule has 0 aliphatic heterocycles. The van der Waals surface area contributed by atoms with Crippen molar-refractivity contribution in [3.05, 3.63) is 34.4 Å². The van der Waals surface area contributed by atoms with E-state index < -0.39 is 5.54 Å². The van der Waals surface area contributed by atoms with E-state index in [9.17, 15) is 4.79 Å². The minimum Gasteiger partial charge on any atom is -0.464 e. The van der Waals surface area contributed by atoms with Gasteiger partial charge in [-0.3, -0.25) is 5.32 Å². The molecule has 3 nitrogen and oxygen atoms in total. The van der Waals surface area contributed by atoms with Crippen LogP contribution in [0.1, 0.15) is 49.9 Å². The van der Waals surface area contributed by atoms with Gasteiger partial charge in [-0.2, -0.15) is 0 Å². The van der Waals surface area contributed by atoms with E-state index in [2.05, 4.69) is 38.2 Å². The fourth-order valence-corrected chi connectivity index (χ4v) is 3.05. The lowest BCUT2D eigenvalue weighted by Gasteiger charge is -2.34. The molecule has 1 aromatic rings. The molecule has 0 saturated carbocycles. The Balaban J connectivity index is 3.41. The van der Waals surface area contributed by atoms with Gasteiger partial charge in [-0.15, -0.1) is 0 Å². The van der Waals surface area contributed by atoms with Crippen molar-refractivity contribution in [2.24, 2.45) is 0 Å². The summed E-state index contributed by atoms with van der Waals surface area (Å²) in [5, 5.41) is 3.38. The van der Waals surface area contributed by atoms with Crippen LogP contribution in [0, 0.1) is 20.8 Å². The highest BCUT2D eigenvalue weighted by atomic mass is 16.5. The van der Waals surface area contributed by atoms with Crippen LogP contribution in [0.5, 0.6) is 0 Å². The Bertz CT molecular complexity index is 471. The summed E-state index contributed by atoms with van der Waals surface area (Å²) < 4.78 is 5.30. The lowest BCUT2D eigenvalue weighted by atomic mass is 9.83. The van der Waals surface area contributed by atoms with Crippen LogP contribution in [-0.4, -0.2) is 18.6 Å². The molecule has 0 spiro atoms. The van der Waals surface area contributed by atoms with Crippen molar-refractivity contribution in [1.82, 2.24) is 5.32 Å². The second-order valence-corrected chi connectivity index (χ2v) is 5.92. The van der Waals surface area contributed by atoms with Gasteiger partial charge in [0.25, 0.3) is 0 Å². The summed E-state index contributed by atoms with van der Waals surface area (Å²) in [6.07, 6.45) is 0. The minimum atomic E-state index is -0.813. The molecule has 0 fully saturated rings. The quantitative estimate of drug-likeness (QED) is 0.838. The molecule has 0 aliphatic rings. The highest BCUT2D eigenvalue weighted by Crippen LogP contribution is 2.30. The molecule has 1 unspecified atom stereocenters. The molecule has 3 heteroatoms. The van der Waals surface area contributed by atoms with Gasteiger partial charge in [-0.25, -0.2) is 4.79 Å². The van der Waals surface area contributed by atoms with Gasteiger partial charge >= 0.3 is 5.97 Å². The summed E-state index contributed by atoms with van der Waals surface area (Å²) in [5.41, 5.74) is 3.65. The zero-order chi connectivity index (χ0) is 15.5. The summed E-state index contributed by atoms with van der Waals surface area (Å²) in [4.78, 5) is 12.5. The first kappa shape index (κ1) is 16.7. The van der Waals surface area contributed by atoms with E-state index in [0.717, 1.165) is 16.7 Å². The standard InChI is InChI=1S/C17H27NO2/c1-8-20-16(19)17(7,18-11(2)3)15-13(5)9-12(4)10-14(15)6/h9-11,18H,8H2,1-7H3. The van der Waals surface area contributed by atoms with Gasteiger partial charge in [0.2, 0.25) is 0 Å². The number of carbonyl (C=O) groups is 1. The Morgan fingerprint density at radius 3 is 2.15 bits per heavy atom. The fourth-order valence-electron chi connectivity index (χ4n) is 3.05. The molecule has 0 amide bonds. The third kappa shape index (κ3) is 3.40.